The normalized spacial score (nSPS) is 20.9. The standard InChI is InChI=1S/C28H30N4O3/c1-19(2)32-26(34)23-7-4-3-6-22(23)24(27(35)30-14-5-15-30)28(32)12-16-31(17-13-28)25(33)21-10-8-20(18-29)9-11-21/h3-4,6-11,19,24H,5,12-17H2,1-2H3. The van der Waals surface area contributed by atoms with E-state index in [1.54, 1.807) is 29.2 Å². The zero-order valence-electron chi connectivity index (χ0n) is 20.2. The number of carbonyl (C=O) groups excluding carboxylic acids is 3. The second-order valence-electron chi connectivity index (χ2n) is 10.1. The van der Waals surface area contributed by atoms with Crippen molar-refractivity contribution in [2.24, 2.45) is 0 Å². The van der Waals surface area contributed by atoms with Crippen LogP contribution in [0.3, 0.4) is 0 Å². The van der Waals surface area contributed by atoms with Gasteiger partial charge in [-0.25, -0.2) is 0 Å². The van der Waals surface area contributed by atoms with Gasteiger partial charge in [-0.3, -0.25) is 14.4 Å². The summed E-state index contributed by atoms with van der Waals surface area (Å²) in [6.07, 6.45) is 2.09. The van der Waals surface area contributed by atoms with Crippen molar-refractivity contribution in [2.45, 2.75) is 50.6 Å². The first-order valence-electron chi connectivity index (χ1n) is 12.4. The Labute approximate surface area is 205 Å². The van der Waals surface area contributed by atoms with E-state index in [1.165, 1.54) is 0 Å². The number of benzene rings is 2. The van der Waals surface area contributed by atoms with Gasteiger partial charge in [0.15, 0.2) is 0 Å². The first-order valence-corrected chi connectivity index (χ1v) is 12.4. The molecule has 180 valence electrons. The van der Waals surface area contributed by atoms with Crippen molar-refractivity contribution in [1.29, 1.82) is 5.26 Å². The molecular formula is C28H30N4O3. The summed E-state index contributed by atoms with van der Waals surface area (Å²) in [5.74, 6) is -0.469. The quantitative estimate of drug-likeness (QED) is 0.688. The van der Waals surface area contributed by atoms with Crippen LogP contribution in [0.2, 0.25) is 0 Å². The van der Waals surface area contributed by atoms with Crippen molar-refractivity contribution in [1.82, 2.24) is 14.7 Å². The third kappa shape index (κ3) is 3.68. The van der Waals surface area contributed by atoms with E-state index in [0.29, 0.717) is 42.6 Å². The smallest absolute Gasteiger partial charge is 0.254 e. The van der Waals surface area contributed by atoms with Crippen LogP contribution >= 0.6 is 0 Å². The van der Waals surface area contributed by atoms with Crippen LogP contribution in [0.1, 0.15) is 70.9 Å². The number of likely N-dealkylation sites (tertiary alicyclic amines) is 2. The molecule has 3 heterocycles. The number of amides is 3. The Hall–Kier alpha value is -3.66. The third-order valence-electron chi connectivity index (χ3n) is 7.85. The second kappa shape index (κ2) is 8.84. The summed E-state index contributed by atoms with van der Waals surface area (Å²) in [5.41, 5.74) is 1.81. The van der Waals surface area contributed by atoms with Crippen molar-refractivity contribution in [3.8, 4) is 6.07 Å². The number of hydrogen-bond acceptors (Lipinski definition) is 4. The van der Waals surface area contributed by atoms with E-state index in [0.717, 1.165) is 25.1 Å². The number of piperidine rings is 1. The number of hydrogen-bond donors (Lipinski definition) is 0. The molecule has 1 unspecified atom stereocenters. The molecule has 35 heavy (non-hydrogen) atoms. The summed E-state index contributed by atoms with van der Waals surface area (Å²) in [6.45, 7) is 6.45. The molecule has 0 bridgehead atoms. The lowest BCUT2D eigenvalue weighted by Gasteiger charge is -2.57. The zero-order valence-corrected chi connectivity index (χ0v) is 20.2. The molecule has 2 aromatic carbocycles. The molecule has 1 spiro atoms. The van der Waals surface area contributed by atoms with E-state index in [2.05, 4.69) is 6.07 Å². The van der Waals surface area contributed by atoms with Crippen LogP contribution in [0.15, 0.2) is 48.5 Å². The molecule has 1 atom stereocenters. The Kier molecular flexibility index (Phi) is 5.84. The lowest BCUT2D eigenvalue weighted by molar-refractivity contribution is -0.142. The van der Waals surface area contributed by atoms with E-state index in [1.807, 2.05) is 47.9 Å². The van der Waals surface area contributed by atoms with Crippen LogP contribution in [0.5, 0.6) is 0 Å². The molecule has 2 fully saturated rings. The van der Waals surface area contributed by atoms with E-state index in [4.69, 9.17) is 5.26 Å². The summed E-state index contributed by atoms with van der Waals surface area (Å²) in [7, 11) is 0. The molecule has 7 heteroatoms. The molecule has 0 radical (unpaired) electrons. The van der Waals surface area contributed by atoms with Gasteiger partial charge in [0, 0.05) is 43.3 Å². The van der Waals surface area contributed by atoms with E-state index < -0.39 is 11.5 Å². The topological polar surface area (TPSA) is 84.7 Å². The average molecular weight is 471 g/mol. The fourth-order valence-corrected chi connectivity index (χ4v) is 6.03. The molecule has 2 saturated heterocycles. The van der Waals surface area contributed by atoms with Crippen molar-refractivity contribution >= 4 is 17.7 Å². The first kappa shape index (κ1) is 23.1. The zero-order chi connectivity index (χ0) is 24.7. The fraction of sp³-hybridized carbons (Fsp3) is 0.429. The number of carbonyl (C=O) groups is 3. The van der Waals surface area contributed by atoms with Crippen LogP contribution < -0.4 is 0 Å². The molecule has 3 aliphatic heterocycles. The first-order chi connectivity index (χ1) is 16.9. The predicted octanol–water partition coefficient (Wildman–Crippen LogP) is 3.41. The molecule has 0 saturated carbocycles. The second-order valence-corrected chi connectivity index (χ2v) is 10.1. The summed E-state index contributed by atoms with van der Waals surface area (Å²) in [5, 5.41) is 9.04. The molecule has 7 nitrogen and oxygen atoms in total. The van der Waals surface area contributed by atoms with Crippen molar-refractivity contribution < 1.29 is 14.4 Å². The Morgan fingerprint density at radius 1 is 0.971 bits per heavy atom. The lowest BCUT2D eigenvalue weighted by Crippen LogP contribution is -2.68. The van der Waals surface area contributed by atoms with Crippen molar-refractivity contribution in [3.63, 3.8) is 0 Å². The monoisotopic (exact) mass is 470 g/mol. The van der Waals surface area contributed by atoms with Gasteiger partial charge in [-0.15, -0.1) is 0 Å². The Balaban J connectivity index is 1.50. The van der Waals surface area contributed by atoms with Crippen molar-refractivity contribution in [2.75, 3.05) is 26.2 Å². The number of rotatable bonds is 3. The molecule has 5 rings (SSSR count). The van der Waals surface area contributed by atoms with Crippen LogP contribution in [0, 0.1) is 11.3 Å². The summed E-state index contributed by atoms with van der Waals surface area (Å²) < 4.78 is 0. The highest BCUT2D eigenvalue weighted by atomic mass is 16.2. The van der Waals surface area contributed by atoms with Gasteiger partial charge in [-0.05, 0) is 69.0 Å². The largest absolute Gasteiger partial charge is 0.342 e. The summed E-state index contributed by atoms with van der Waals surface area (Å²) >= 11 is 0. The van der Waals surface area contributed by atoms with Crippen LogP contribution in [-0.2, 0) is 4.79 Å². The average Bonchev–Trinajstić information content (AvgIpc) is 2.83. The Bertz CT molecular complexity index is 1200. The van der Waals surface area contributed by atoms with Gasteiger partial charge in [0.2, 0.25) is 5.91 Å². The SMILES string of the molecule is CC(C)N1C(=O)c2ccccc2C(C(=O)N2CCC2)C12CCN(C(=O)c1ccc(C#N)cc1)CC2. The van der Waals surface area contributed by atoms with Gasteiger partial charge in [0.25, 0.3) is 11.8 Å². The van der Waals surface area contributed by atoms with Gasteiger partial charge in [-0.1, -0.05) is 18.2 Å². The third-order valence-corrected chi connectivity index (χ3v) is 7.85. The molecule has 0 aliphatic carbocycles. The van der Waals surface area contributed by atoms with Gasteiger partial charge in [0.1, 0.15) is 0 Å². The molecule has 2 aromatic rings. The van der Waals surface area contributed by atoms with Gasteiger partial charge >= 0.3 is 0 Å². The minimum Gasteiger partial charge on any atom is -0.342 e. The van der Waals surface area contributed by atoms with E-state index >= 15 is 0 Å². The minimum absolute atomic E-state index is 0.0323. The minimum atomic E-state index is -0.673. The summed E-state index contributed by atoms with van der Waals surface area (Å²) in [6, 6.07) is 16.2. The predicted molar refractivity (Wildman–Crippen MR) is 131 cm³/mol. The molecule has 0 N–H and O–H groups in total. The lowest BCUT2D eigenvalue weighted by atomic mass is 9.66. The Morgan fingerprint density at radius 3 is 2.20 bits per heavy atom. The van der Waals surface area contributed by atoms with E-state index in [-0.39, 0.29) is 23.8 Å². The van der Waals surface area contributed by atoms with Gasteiger partial charge in [0.05, 0.1) is 23.1 Å². The van der Waals surface area contributed by atoms with Crippen LogP contribution in [0.4, 0.5) is 0 Å². The van der Waals surface area contributed by atoms with E-state index in [9.17, 15) is 14.4 Å². The fourth-order valence-electron chi connectivity index (χ4n) is 6.03. The number of fused-ring (bicyclic) bond motifs is 1. The molecule has 3 aliphatic rings. The molecule has 0 aromatic heterocycles. The van der Waals surface area contributed by atoms with Crippen LogP contribution in [-0.4, -0.2) is 70.2 Å². The maximum Gasteiger partial charge on any atom is 0.254 e. The Morgan fingerprint density at radius 2 is 1.63 bits per heavy atom. The van der Waals surface area contributed by atoms with Gasteiger partial charge < -0.3 is 14.7 Å². The molecule has 3 amide bonds. The maximum absolute atomic E-state index is 13.9. The van der Waals surface area contributed by atoms with Crippen LogP contribution in [0.25, 0.3) is 0 Å². The van der Waals surface area contributed by atoms with Gasteiger partial charge in [-0.2, -0.15) is 5.26 Å². The number of nitrogens with zero attached hydrogens (tertiary/aromatic N) is 4. The highest BCUT2D eigenvalue weighted by molar-refractivity contribution is 6.02. The maximum atomic E-state index is 13.9. The van der Waals surface area contributed by atoms with Crippen molar-refractivity contribution in [3.05, 3.63) is 70.8 Å². The molecular weight excluding hydrogens is 440 g/mol. The summed E-state index contributed by atoms with van der Waals surface area (Å²) in [4.78, 5) is 46.5. The number of nitriles is 1. The highest BCUT2D eigenvalue weighted by Crippen LogP contribution is 2.49. The highest BCUT2D eigenvalue weighted by Gasteiger charge is 2.57.